The summed E-state index contributed by atoms with van der Waals surface area (Å²) >= 11 is 0. The molecule has 3 aromatic rings. The molecule has 0 aliphatic heterocycles. The number of Topliss-reactive ketones (excluding diaryl/α,β-unsaturated/α-hetero) is 1. The highest BCUT2D eigenvalue weighted by Gasteiger charge is 2.57. The van der Waals surface area contributed by atoms with Gasteiger partial charge in [-0.2, -0.15) is 0 Å². The summed E-state index contributed by atoms with van der Waals surface area (Å²) in [5, 5.41) is 11.3. The second kappa shape index (κ2) is 11.4. The van der Waals surface area contributed by atoms with Crippen LogP contribution in [0.2, 0.25) is 0 Å². The Kier molecular flexibility index (Phi) is 8.04. The van der Waals surface area contributed by atoms with Gasteiger partial charge in [-0.25, -0.2) is 0 Å². The SMILES string of the molecule is COc1ccc([C@H]2[C@H](C(=O)OCc3ccccc3)C(=O)C[C@@](C)(O)[C@H]2C(=O)OCc2ccccc2)cc1. The largest absolute Gasteiger partial charge is 0.497 e. The summed E-state index contributed by atoms with van der Waals surface area (Å²) in [5.41, 5.74) is 0.344. The number of carbonyl (C=O) groups is 3. The Morgan fingerprint density at radius 3 is 1.86 bits per heavy atom. The molecule has 0 bridgehead atoms. The van der Waals surface area contributed by atoms with Gasteiger partial charge in [-0.05, 0) is 35.7 Å². The molecule has 37 heavy (non-hydrogen) atoms. The molecule has 0 spiro atoms. The van der Waals surface area contributed by atoms with Gasteiger partial charge in [0, 0.05) is 12.3 Å². The first-order chi connectivity index (χ1) is 17.8. The highest BCUT2D eigenvalue weighted by atomic mass is 16.5. The highest BCUT2D eigenvalue weighted by Crippen LogP contribution is 2.47. The summed E-state index contributed by atoms with van der Waals surface area (Å²) in [7, 11) is 1.53. The van der Waals surface area contributed by atoms with Crippen molar-refractivity contribution in [3.8, 4) is 5.75 Å². The van der Waals surface area contributed by atoms with Gasteiger partial charge in [-0.3, -0.25) is 14.4 Å². The van der Waals surface area contributed by atoms with Crippen LogP contribution >= 0.6 is 0 Å². The van der Waals surface area contributed by atoms with Crippen molar-refractivity contribution in [3.63, 3.8) is 0 Å². The first kappa shape index (κ1) is 26.1. The van der Waals surface area contributed by atoms with Crippen LogP contribution in [0.15, 0.2) is 84.9 Å². The number of methoxy groups -OCH3 is 1. The van der Waals surface area contributed by atoms with E-state index in [1.165, 1.54) is 14.0 Å². The molecule has 192 valence electrons. The van der Waals surface area contributed by atoms with Crippen LogP contribution in [-0.2, 0) is 37.1 Å². The molecule has 4 rings (SSSR count). The first-order valence-electron chi connectivity index (χ1n) is 12.1. The summed E-state index contributed by atoms with van der Waals surface area (Å²) in [4.78, 5) is 40.1. The van der Waals surface area contributed by atoms with Crippen molar-refractivity contribution in [1.82, 2.24) is 0 Å². The van der Waals surface area contributed by atoms with Gasteiger partial charge < -0.3 is 19.3 Å². The minimum absolute atomic E-state index is 0.00134. The zero-order chi connectivity index (χ0) is 26.4. The van der Waals surface area contributed by atoms with Gasteiger partial charge in [0.05, 0.1) is 18.6 Å². The second-order valence-electron chi connectivity index (χ2n) is 9.44. The van der Waals surface area contributed by atoms with Crippen molar-refractivity contribution in [3.05, 3.63) is 102 Å². The monoisotopic (exact) mass is 502 g/mol. The Hall–Kier alpha value is -3.97. The van der Waals surface area contributed by atoms with Crippen LogP contribution in [0.1, 0.15) is 36.0 Å². The van der Waals surface area contributed by atoms with Gasteiger partial charge in [-0.15, -0.1) is 0 Å². The summed E-state index contributed by atoms with van der Waals surface area (Å²) in [6, 6.07) is 25.0. The predicted molar refractivity (Wildman–Crippen MR) is 135 cm³/mol. The van der Waals surface area contributed by atoms with Crippen LogP contribution in [0.3, 0.4) is 0 Å². The lowest BCUT2D eigenvalue weighted by atomic mass is 9.61. The normalized spacial score (nSPS) is 23.2. The minimum Gasteiger partial charge on any atom is -0.497 e. The van der Waals surface area contributed by atoms with Gasteiger partial charge in [0.2, 0.25) is 0 Å². The molecule has 0 aromatic heterocycles. The third kappa shape index (κ3) is 6.06. The van der Waals surface area contributed by atoms with Gasteiger partial charge >= 0.3 is 11.9 Å². The zero-order valence-corrected chi connectivity index (χ0v) is 20.8. The van der Waals surface area contributed by atoms with Crippen molar-refractivity contribution in [2.24, 2.45) is 11.8 Å². The van der Waals surface area contributed by atoms with Gasteiger partial charge in [0.15, 0.2) is 5.78 Å². The van der Waals surface area contributed by atoms with E-state index in [4.69, 9.17) is 14.2 Å². The van der Waals surface area contributed by atoms with E-state index >= 15 is 0 Å². The number of hydrogen-bond acceptors (Lipinski definition) is 7. The second-order valence-corrected chi connectivity index (χ2v) is 9.44. The fourth-order valence-electron chi connectivity index (χ4n) is 4.88. The molecular weight excluding hydrogens is 472 g/mol. The molecule has 1 aliphatic carbocycles. The number of carbonyl (C=O) groups excluding carboxylic acids is 3. The smallest absolute Gasteiger partial charge is 0.317 e. The number of ether oxygens (including phenoxy) is 3. The molecule has 1 fully saturated rings. The molecule has 0 radical (unpaired) electrons. The standard InChI is InChI=1S/C30H30O7/c1-30(34)17-24(31)26(28(32)36-18-20-9-5-3-6-10-20)25(22-13-15-23(35-2)16-14-22)27(30)29(33)37-19-21-11-7-4-8-12-21/h3-16,25-27,34H,17-19H2,1-2H3/t25-,26+,27+,30+/m0/s1. The molecule has 4 atom stereocenters. The number of esters is 2. The average Bonchev–Trinajstić information content (AvgIpc) is 2.90. The topological polar surface area (TPSA) is 99.1 Å². The van der Waals surface area contributed by atoms with Crippen LogP contribution in [-0.4, -0.2) is 35.5 Å². The summed E-state index contributed by atoms with van der Waals surface area (Å²) in [6.07, 6.45) is -0.379. The summed E-state index contributed by atoms with van der Waals surface area (Å²) in [5.74, 6) is -4.81. The lowest BCUT2D eigenvalue weighted by Gasteiger charge is -2.43. The van der Waals surface area contributed by atoms with Gasteiger partial charge in [0.25, 0.3) is 0 Å². The third-order valence-electron chi connectivity index (χ3n) is 6.72. The maximum Gasteiger partial charge on any atom is 0.317 e. The maximum absolute atomic E-state index is 13.5. The Labute approximate surface area is 216 Å². The van der Waals surface area contributed by atoms with E-state index < -0.39 is 41.1 Å². The van der Waals surface area contributed by atoms with Crippen LogP contribution in [0.25, 0.3) is 0 Å². The molecule has 1 aliphatic rings. The molecule has 3 aromatic carbocycles. The van der Waals surface area contributed by atoms with Crippen molar-refractivity contribution in [1.29, 1.82) is 0 Å². The number of ketones is 1. The van der Waals surface area contributed by atoms with Crippen LogP contribution in [0.4, 0.5) is 0 Å². The minimum atomic E-state index is -1.73. The van der Waals surface area contributed by atoms with Gasteiger partial charge in [0.1, 0.15) is 24.9 Å². The number of aliphatic hydroxyl groups is 1. The molecule has 0 unspecified atom stereocenters. The maximum atomic E-state index is 13.5. The van der Waals surface area contributed by atoms with E-state index in [2.05, 4.69) is 0 Å². The number of hydrogen-bond donors (Lipinski definition) is 1. The number of rotatable bonds is 8. The molecule has 7 nitrogen and oxygen atoms in total. The van der Waals surface area contributed by atoms with Crippen molar-refractivity contribution < 1.29 is 33.7 Å². The summed E-state index contributed by atoms with van der Waals surface area (Å²) in [6.45, 7) is 1.42. The van der Waals surface area contributed by atoms with Crippen molar-refractivity contribution in [2.45, 2.75) is 38.1 Å². The predicted octanol–water partition coefficient (Wildman–Crippen LogP) is 4.22. The lowest BCUT2D eigenvalue weighted by molar-refractivity contribution is -0.174. The van der Waals surface area contributed by atoms with Crippen molar-refractivity contribution >= 4 is 17.7 Å². The van der Waals surface area contributed by atoms with Gasteiger partial charge in [-0.1, -0.05) is 72.8 Å². The van der Waals surface area contributed by atoms with Crippen LogP contribution < -0.4 is 4.74 Å². The molecule has 7 heteroatoms. The highest BCUT2D eigenvalue weighted by molar-refractivity contribution is 6.02. The van der Waals surface area contributed by atoms with E-state index in [1.807, 2.05) is 60.7 Å². The van der Waals surface area contributed by atoms with E-state index in [9.17, 15) is 19.5 Å². The Morgan fingerprint density at radius 2 is 1.35 bits per heavy atom. The third-order valence-corrected chi connectivity index (χ3v) is 6.72. The summed E-state index contributed by atoms with van der Waals surface area (Å²) < 4.78 is 16.4. The lowest BCUT2D eigenvalue weighted by Crippen LogP contribution is -2.55. The molecular formula is C30H30O7. The van der Waals surface area contributed by atoms with Crippen LogP contribution in [0.5, 0.6) is 5.75 Å². The van der Waals surface area contributed by atoms with E-state index in [1.54, 1.807) is 24.3 Å². The average molecular weight is 503 g/mol. The molecule has 1 saturated carbocycles. The fourth-order valence-corrected chi connectivity index (χ4v) is 4.88. The molecule has 0 heterocycles. The molecule has 0 amide bonds. The van der Waals surface area contributed by atoms with Crippen molar-refractivity contribution in [2.75, 3.05) is 7.11 Å². The first-order valence-corrected chi connectivity index (χ1v) is 12.1. The van der Waals surface area contributed by atoms with E-state index in [0.29, 0.717) is 11.3 Å². The quantitative estimate of drug-likeness (QED) is 0.364. The zero-order valence-electron chi connectivity index (χ0n) is 20.8. The van der Waals surface area contributed by atoms with E-state index in [0.717, 1.165) is 11.1 Å². The fraction of sp³-hybridized carbons (Fsp3) is 0.300. The Balaban J connectivity index is 1.67. The Morgan fingerprint density at radius 1 is 0.838 bits per heavy atom. The van der Waals surface area contributed by atoms with E-state index in [-0.39, 0.29) is 19.6 Å². The Bertz CT molecular complexity index is 1220. The molecule has 1 N–H and O–H groups in total. The molecule has 0 saturated heterocycles. The number of benzene rings is 3. The van der Waals surface area contributed by atoms with Crippen LogP contribution in [0, 0.1) is 11.8 Å².